The molecule has 1 heterocycles. The summed E-state index contributed by atoms with van der Waals surface area (Å²) in [5.41, 5.74) is 0.805. The maximum Gasteiger partial charge on any atom is 0.307 e. The molecule has 3 rings (SSSR count). The Kier molecular flexibility index (Phi) is 5.08. The summed E-state index contributed by atoms with van der Waals surface area (Å²) >= 11 is 13.3. The third kappa shape index (κ3) is 3.55. The van der Waals surface area contributed by atoms with Crippen molar-refractivity contribution >= 4 is 52.2 Å². The lowest BCUT2D eigenvalue weighted by atomic mass is 9.95. The lowest BCUT2D eigenvalue weighted by Gasteiger charge is -2.14. The van der Waals surface area contributed by atoms with Gasteiger partial charge in [0.2, 0.25) is 5.91 Å². The van der Waals surface area contributed by atoms with Gasteiger partial charge < -0.3 is 10.4 Å². The number of carbonyl (C=O) groups excluding carboxylic acids is 1. The molecule has 1 aromatic carbocycles. The van der Waals surface area contributed by atoms with E-state index < -0.39 is 17.8 Å². The molecule has 0 bridgehead atoms. The van der Waals surface area contributed by atoms with E-state index in [1.807, 2.05) is 0 Å². The van der Waals surface area contributed by atoms with E-state index in [1.165, 1.54) is 11.3 Å². The summed E-state index contributed by atoms with van der Waals surface area (Å²) in [5.74, 6) is -1.90. The van der Waals surface area contributed by atoms with E-state index in [-0.39, 0.29) is 5.91 Å². The molecule has 0 saturated heterocycles. The molecule has 1 aliphatic rings. The minimum Gasteiger partial charge on any atom is -0.481 e. The molecule has 24 heavy (non-hydrogen) atoms. The van der Waals surface area contributed by atoms with Crippen molar-refractivity contribution in [1.29, 1.82) is 0 Å². The summed E-state index contributed by atoms with van der Waals surface area (Å²) in [6.07, 6.45) is 1.88. The number of amides is 1. The molecule has 0 radical (unpaired) electrons. The topological polar surface area (TPSA) is 79.3 Å². The van der Waals surface area contributed by atoms with Gasteiger partial charge in [-0.25, -0.2) is 4.98 Å². The van der Waals surface area contributed by atoms with Crippen LogP contribution in [-0.4, -0.2) is 22.0 Å². The Morgan fingerprint density at radius 1 is 1.21 bits per heavy atom. The highest BCUT2D eigenvalue weighted by Crippen LogP contribution is 2.34. The highest BCUT2D eigenvalue weighted by molar-refractivity contribution is 7.13. The lowest BCUT2D eigenvalue weighted by molar-refractivity contribution is -0.145. The number of aromatic nitrogens is 1. The van der Waals surface area contributed by atoms with Crippen LogP contribution < -0.4 is 5.32 Å². The normalized spacial score (nSPS) is 20.1. The Morgan fingerprint density at radius 3 is 2.67 bits per heavy atom. The summed E-state index contributed by atoms with van der Waals surface area (Å²) in [6.45, 7) is 0. The van der Waals surface area contributed by atoms with Crippen molar-refractivity contribution in [2.24, 2.45) is 11.8 Å². The van der Waals surface area contributed by atoms with Crippen LogP contribution in [0.2, 0.25) is 10.0 Å². The number of rotatable bonds is 4. The fourth-order valence-electron chi connectivity index (χ4n) is 2.88. The van der Waals surface area contributed by atoms with Crippen molar-refractivity contribution in [1.82, 2.24) is 4.98 Å². The van der Waals surface area contributed by atoms with Gasteiger partial charge in [0, 0.05) is 10.9 Å². The molecule has 1 fully saturated rings. The highest BCUT2D eigenvalue weighted by Gasteiger charge is 2.37. The third-order valence-electron chi connectivity index (χ3n) is 4.09. The molecule has 126 valence electrons. The van der Waals surface area contributed by atoms with Gasteiger partial charge in [0.05, 0.1) is 21.9 Å². The molecule has 1 aromatic heterocycles. The number of nitrogens with one attached hydrogen (secondary N) is 1. The molecule has 0 unspecified atom stereocenters. The Hall–Kier alpha value is -1.63. The van der Waals surface area contributed by atoms with E-state index in [2.05, 4.69) is 10.3 Å². The van der Waals surface area contributed by atoms with Crippen LogP contribution in [0.5, 0.6) is 0 Å². The summed E-state index contributed by atoms with van der Waals surface area (Å²) in [5, 5.41) is 15.2. The number of hydrogen-bond donors (Lipinski definition) is 2. The number of carboxylic acid groups (broad SMARTS) is 1. The quantitative estimate of drug-likeness (QED) is 0.809. The fourth-order valence-corrected chi connectivity index (χ4v) is 3.93. The first-order chi connectivity index (χ1) is 11.5. The minimum absolute atomic E-state index is 0.286. The van der Waals surface area contributed by atoms with Crippen molar-refractivity contribution < 1.29 is 14.7 Å². The van der Waals surface area contributed by atoms with Gasteiger partial charge in [-0.05, 0) is 25.0 Å². The van der Waals surface area contributed by atoms with Crippen LogP contribution in [0.4, 0.5) is 5.82 Å². The van der Waals surface area contributed by atoms with E-state index in [4.69, 9.17) is 23.2 Å². The molecular weight excluding hydrogens is 371 g/mol. The second kappa shape index (κ2) is 7.09. The third-order valence-corrected chi connectivity index (χ3v) is 5.72. The Balaban J connectivity index is 1.73. The summed E-state index contributed by atoms with van der Waals surface area (Å²) in [6, 6.07) is 5.21. The molecule has 1 amide bonds. The number of benzene rings is 1. The maximum atomic E-state index is 12.3. The van der Waals surface area contributed by atoms with E-state index in [0.29, 0.717) is 33.7 Å². The second-order valence-corrected chi connectivity index (χ2v) is 7.31. The molecule has 2 aromatic rings. The largest absolute Gasteiger partial charge is 0.481 e. The van der Waals surface area contributed by atoms with Crippen LogP contribution in [0.1, 0.15) is 19.3 Å². The average molecular weight is 385 g/mol. The first-order valence-electron chi connectivity index (χ1n) is 7.40. The van der Waals surface area contributed by atoms with Gasteiger partial charge in [-0.1, -0.05) is 35.7 Å². The molecular formula is C16H14Cl2N2O3S. The Labute approximate surface area is 152 Å². The maximum absolute atomic E-state index is 12.3. The number of hydrogen-bond acceptors (Lipinski definition) is 4. The second-order valence-electron chi connectivity index (χ2n) is 5.64. The monoisotopic (exact) mass is 384 g/mol. The van der Waals surface area contributed by atoms with Crippen LogP contribution in [0, 0.1) is 11.8 Å². The molecule has 2 N–H and O–H groups in total. The molecule has 2 atom stereocenters. The number of anilines is 1. The molecule has 0 aliphatic heterocycles. The van der Waals surface area contributed by atoms with Gasteiger partial charge in [-0.3, -0.25) is 9.59 Å². The zero-order chi connectivity index (χ0) is 17.3. The van der Waals surface area contributed by atoms with Crippen LogP contribution in [-0.2, 0) is 9.59 Å². The van der Waals surface area contributed by atoms with Crippen molar-refractivity contribution in [2.75, 3.05) is 5.32 Å². The van der Waals surface area contributed by atoms with E-state index in [0.717, 1.165) is 12.0 Å². The SMILES string of the molecule is O=C(O)[C@H]1CCC[C@H]1C(=O)Nc1csc(-c2ccc(Cl)c(Cl)c2)n1. The van der Waals surface area contributed by atoms with Crippen molar-refractivity contribution in [3.8, 4) is 10.6 Å². The number of halogens is 2. The first-order valence-corrected chi connectivity index (χ1v) is 9.04. The van der Waals surface area contributed by atoms with Gasteiger partial charge >= 0.3 is 5.97 Å². The summed E-state index contributed by atoms with van der Waals surface area (Å²) < 4.78 is 0. The van der Waals surface area contributed by atoms with Crippen LogP contribution in [0.15, 0.2) is 23.6 Å². The number of thiazole rings is 1. The number of aliphatic carboxylic acids is 1. The summed E-state index contributed by atoms with van der Waals surface area (Å²) in [7, 11) is 0. The minimum atomic E-state index is -0.914. The first kappa shape index (κ1) is 17.2. The Bertz CT molecular complexity index is 793. The van der Waals surface area contributed by atoms with E-state index in [9.17, 15) is 14.7 Å². The predicted molar refractivity (Wildman–Crippen MR) is 94.7 cm³/mol. The standard InChI is InChI=1S/C16H14Cl2N2O3S/c17-11-5-4-8(6-12(11)18)15-20-13(7-24-15)19-14(21)9-2-1-3-10(9)16(22)23/h4-7,9-10H,1-3H2,(H,19,21)(H,22,23)/t9-,10+/m1/s1. The predicted octanol–water partition coefficient (Wildman–Crippen LogP) is 4.56. The molecule has 5 nitrogen and oxygen atoms in total. The van der Waals surface area contributed by atoms with Crippen LogP contribution >= 0.6 is 34.5 Å². The van der Waals surface area contributed by atoms with E-state index in [1.54, 1.807) is 23.6 Å². The fraction of sp³-hybridized carbons (Fsp3) is 0.312. The van der Waals surface area contributed by atoms with Crippen molar-refractivity contribution in [3.05, 3.63) is 33.6 Å². The number of carboxylic acids is 1. The van der Waals surface area contributed by atoms with Crippen LogP contribution in [0.3, 0.4) is 0 Å². The average Bonchev–Trinajstić information content (AvgIpc) is 3.19. The zero-order valence-electron chi connectivity index (χ0n) is 12.5. The lowest BCUT2D eigenvalue weighted by Crippen LogP contribution is -2.30. The molecule has 1 aliphatic carbocycles. The van der Waals surface area contributed by atoms with Gasteiger partial charge in [0.1, 0.15) is 10.8 Å². The van der Waals surface area contributed by atoms with E-state index >= 15 is 0 Å². The zero-order valence-corrected chi connectivity index (χ0v) is 14.8. The number of nitrogens with zero attached hydrogens (tertiary/aromatic N) is 1. The van der Waals surface area contributed by atoms with Gasteiger partial charge in [-0.2, -0.15) is 0 Å². The Morgan fingerprint density at radius 2 is 1.96 bits per heavy atom. The highest BCUT2D eigenvalue weighted by atomic mass is 35.5. The van der Waals surface area contributed by atoms with Gasteiger partial charge in [-0.15, -0.1) is 11.3 Å². The van der Waals surface area contributed by atoms with Gasteiger partial charge in [0.15, 0.2) is 0 Å². The molecule has 1 saturated carbocycles. The molecule has 0 spiro atoms. The molecule has 8 heteroatoms. The van der Waals surface area contributed by atoms with Crippen molar-refractivity contribution in [2.45, 2.75) is 19.3 Å². The smallest absolute Gasteiger partial charge is 0.307 e. The van der Waals surface area contributed by atoms with Crippen LogP contribution in [0.25, 0.3) is 10.6 Å². The summed E-state index contributed by atoms with van der Waals surface area (Å²) in [4.78, 5) is 27.9. The van der Waals surface area contributed by atoms with Crippen molar-refractivity contribution in [3.63, 3.8) is 0 Å². The number of carbonyl (C=O) groups is 2. The van der Waals surface area contributed by atoms with Gasteiger partial charge in [0.25, 0.3) is 0 Å².